The molecule has 82 valence electrons. The van der Waals surface area contributed by atoms with Crippen molar-refractivity contribution in [2.24, 2.45) is 5.41 Å². The lowest BCUT2D eigenvalue weighted by atomic mass is 9.97. The summed E-state index contributed by atoms with van der Waals surface area (Å²) in [6.45, 7) is 4.45. The van der Waals surface area contributed by atoms with Crippen LogP contribution in [-0.2, 0) is 19.1 Å². The van der Waals surface area contributed by atoms with Crippen LogP contribution in [0.1, 0.15) is 13.8 Å². The van der Waals surface area contributed by atoms with Gasteiger partial charge in [0, 0.05) is 11.5 Å². The normalized spacial score (nSPS) is 10.8. The molecule has 0 spiro atoms. The van der Waals surface area contributed by atoms with Gasteiger partial charge in [-0.3, -0.25) is 9.59 Å². The van der Waals surface area contributed by atoms with Crippen LogP contribution in [0.3, 0.4) is 0 Å². The number of carbonyl (C=O) groups excluding carboxylic acids is 2. The first-order chi connectivity index (χ1) is 6.54. The summed E-state index contributed by atoms with van der Waals surface area (Å²) in [4.78, 5) is 21.0. The molecule has 0 N–H and O–H groups in total. The molecular weight excluding hydrogens is 204 g/mol. The minimum Gasteiger partial charge on any atom is -0.469 e. The van der Waals surface area contributed by atoms with Crippen molar-refractivity contribution in [3.63, 3.8) is 0 Å². The molecule has 0 aromatic heterocycles. The van der Waals surface area contributed by atoms with Gasteiger partial charge < -0.3 is 9.47 Å². The molecule has 0 amide bonds. The molecule has 5 heteroatoms. The van der Waals surface area contributed by atoms with Gasteiger partial charge in [-0.05, 0) is 13.8 Å². The number of hydrogen-bond acceptors (Lipinski definition) is 5. The van der Waals surface area contributed by atoms with Gasteiger partial charge in [-0.25, -0.2) is 0 Å². The van der Waals surface area contributed by atoms with E-state index in [9.17, 15) is 9.59 Å². The number of esters is 1. The minimum atomic E-state index is -0.486. The molecular formula is C9H16O4S. The summed E-state index contributed by atoms with van der Waals surface area (Å²) in [5.41, 5.74) is -0.486. The van der Waals surface area contributed by atoms with Gasteiger partial charge in [-0.15, -0.1) is 0 Å². The molecule has 0 aromatic rings. The van der Waals surface area contributed by atoms with Gasteiger partial charge in [0.1, 0.15) is 6.61 Å². The lowest BCUT2D eigenvalue weighted by Gasteiger charge is -2.20. The van der Waals surface area contributed by atoms with Crippen molar-refractivity contribution in [2.45, 2.75) is 13.8 Å². The van der Waals surface area contributed by atoms with Crippen molar-refractivity contribution >= 4 is 24.2 Å². The third kappa shape index (κ3) is 5.11. The Labute approximate surface area is 88.3 Å². The van der Waals surface area contributed by atoms with Crippen LogP contribution in [0.4, 0.5) is 0 Å². The fraction of sp³-hybridized carbons (Fsp3) is 0.778. The van der Waals surface area contributed by atoms with Crippen molar-refractivity contribution < 1.29 is 19.1 Å². The van der Waals surface area contributed by atoms with Crippen molar-refractivity contribution in [1.82, 2.24) is 0 Å². The first kappa shape index (κ1) is 13.3. The van der Waals surface area contributed by atoms with Gasteiger partial charge in [0.25, 0.3) is 6.47 Å². The SMILES string of the molecule is COC(=O)C(C)(C)CSCCOC=O. The maximum atomic E-state index is 11.2. The second-order valence-electron chi connectivity index (χ2n) is 3.40. The van der Waals surface area contributed by atoms with Crippen LogP contribution in [0.25, 0.3) is 0 Å². The third-order valence-corrected chi connectivity index (χ3v) is 3.00. The zero-order valence-corrected chi connectivity index (χ0v) is 9.56. The Bertz CT molecular complexity index is 191. The number of carbonyl (C=O) groups is 2. The fourth-order valence-electron chi connectivity index (χ4n) is 0.818. The smallest absolute Gasteiger partial charge is 0.312 e. The van der Waals surface area contributed by atoms with Crippen molar-refractivity contribution in [1.29, 1.82) is 0 Å². The van der Waals surface area contributed by atoms with Crippen LogP contribution in [0.5, 0.6) is 0 Å². The van der Waals surface area contributed by atoms with Crippen LogP contribution in [-0.4, -0.2) is 37.7 Å². The van der Waals surface area contributed by atoms with E-state index in [0.717, 1.165) is 0 Å². The van der Waals surface area contributed by atoms with Crippen LogP contribution in [0.2, 0.25) is 0 Å². The summed E-state index contributed by atoms with van der Waals surface area (Å²) in [5.74, 6) is 1.13. The maximum Gasteiger partial charge on any atom is 0.312 e. The Morgan fingerprint density at radius 2 is 2.14 bits per heavy atom. The molecule has 0 unspecified atom stereocenters. The highest BCUT2D eigenvalue weighted by Gasteiger charge is 2.28. The van der Waals surface area contributed by atoms with E-state index >= 15 is 0 Å². The molecule has 4 nitrogen and oxygen atoms in total. The molecule has 0 aliphatic carbocycles. The van der Waals surface area contributed by atoms with Gasteiger partial charge in [0.2, 0.25) is 0 Å². The van der Waals surface area contributed by atoms with E-state index in [1.54, 1.807) is 11.8 Å². The number of hydrogen-bond donors (Lipinski definition) is 0. The minimum absolute atomic E-state index is 0.221. The van der Waals surface area contributed by atoms with Crippen molar-refractivity contribution in [3.8, 4) is 0 Å². The molecule has 0 fully saturated rings. The van der Waals surface area contributed by atoms with Gasteiger partial charge in [-0.2, -0.15) is 11.8 Å². The average Bonchev–Trinajstić information content (AvgIpc) is 2.16. The topological polar surface area (TPSA) is 52.6 Å². The lowest BCUT2D eigenvalue weighted by Crippen LogP contribution is -2.28. The predicted octanol–water partition coefficient (Wildman–Crippen LogP) is 1.09. The highest BCUT2D eigenvalue weighted by Crippen LogP contribution is 2.22. The van der Waals surface area contributed by atoms with Crippen molar-refractivity contribution in [2.75, 3.05) is 25.2 Å². The monoisotopic (exact) mass is 220 g/mol. The van der Waals surface area contributed by atoms with E-state index in [1.165, 1.54) is 7.11 Å². The molecule has 0 saturated heterocycles. The molecule has 0 rings (SSSR count). The highest BCUT2D eigenvalue weighted by molar-refractivity contribution is 7.99. The van der Waals surface area contributed by atoms with E-state index in [4.69, 9.17) is 0 Å². The van der Waals surface area contributed by atoms with Crippen LogP contribution >= 0.6 is 11.8 Å². The van der Waals surface area contributed by atoms with E-state index in [-0.39, 0.29) is 5.97 Å². The standard InChI is InChI=1S/C9H16O4S/c1-9(2,8(11)12-3)6-14-5-4-13-7-10/h7H,4-6H2,1-3H3. The van der Waals surface area contributed by atoms with E-state index < -0.39 is 5.41 Å². The Morgan fingerprint density at radius 3 is 2.64 bits per heavy atom. The van der Waals surface area contributed by atoms with Crippen LogP contribution < -0.4 is 0 Å². The molecule has 0 aliphatic heterocycles. The summed E-state index contributed by atoms with van der Waals surface area (Å²) < 4.78 is 9.17. The van der Waals surface area contributed by atoms with Gasteiger partial charge in [0.05, 0.1) is 12.5 Å². The lowest BCUT2D eigenvalue weighted by molar-refractivity contribution is -0.149. The molecule has 0 radical (unpaired) electrons. The first-order valence-electron chi connectivity index (χ1n) is 4.26. The summed E-state index contributed by atoms with van der Waals surface area (Å²) in [5, 5.41) is 0. The third-order valence-electron chi connectivity index (χ3n) is 1.61. The summed E-state index contributed by atoms with van der Waals surface area (Å²) in [6, 6.07) is 0. The van der Waals surface area contributed by atoms with Crippen LogP contribution in [0, 0.1) is 5.41 Å². The first-order valence-corrected chi connectivity index (χ1v) is 5.41. The molecule has 0 bridgehead atoms. The molecule has 14 heavy (non-hydrogen) atoms. The number of methoxy groups -OCH3 is 1. The molecule has 0 aromatic carbocycles. The molecule has 0 aliphatic rings. The summed E-state index contributed by atoms with van der Waals surface area (Å²) >= 11 is 1.56. The molecule has 0 saturated carbocycles. The van der Waals surface area contributed by atoms with Gasteiger partial charge in [-0.1, -0.05) is 0 Å². The highest BCUT2D eigenvalue weighted by atomic mass is 32.2. The zero-order valence-electron chi connectivity index (χ0n) is 8.74. The second-order valence-corrected chi connectivity index (χ2v) is 4.50. The van der Waals surface area contributed by atoms with Gasteiger partial charge >= 0.3 is 5.97 Å². The molecule has 0 heterocycles. The number of thioether (sulfide) groups is 1. The summed E-state index contributed by atoms with van der Waals surface area (Å²) in [7, 11) is 1.38. The van der Waals surface area contributed by atoms with E-state index in [0.29, 0.717) is 24.6 Å². The fourth-order valence-corrected chi connectivity index (χ4v) is 1.80. The Morgan fingerprint density at radius 1 is 1.50 bits per heavy atom. The zero-order chi connectivity index (χ0) is 11.0. The molecule has 0 atom stereocenters. The van der Waals surface area contributed by atoms with Crippen molar-refractivity contribution in [3.05, 3.63) is 0 Å². The second kappa shape index (κ2) is 6.70. The van der Waals surface area contributed by atoms with Crippen LogP contribution in [0.15, 0.2) is 0 Å². The maximum absolute atomic E-state index is 11.2. The average molecular weight is 220 g/mol. The Hall–Kier alpha value is -0.710. The number of ether oxygens (including phenoxy) is 2. The predicted molar refractivity (Wildman–Crippen MR) is 55.1 cm³/mol. The number of rotatable bonds is 7. The van der Waals surface area contributed by atoms with E-state index in [2.05, 4.69) is 9.47 Å². The summed E-state index contributed by atoms with van der Waals surface area (Å²) in [6.07, 6.45) is 0. The van der Waals surface area contributed by atoms with Gasteiger partial charge in [0.15, 0.2) is 0 Å². The van der Waals surface area contributed by atoms with E-state index in [1.807, 2.05) is 13.8 Å². The largest absolute Gasteiger partial charge is 0.469 e. The Kier molecular flexibility index (Phi) is 6.36. The Balaban J connectivity index is 3.65. The quantitative estimate of drug-likeness (QED) is 0.365.